The Morgan fingerprint density at radius 1 is 1.21 bits per heavy atom. The Kier molecular flexibility index (Phi) is 2.33. The van der Waals surface area contributed by atoms with Gasteiger partial charge in [-0.3, -0.25) is 0 Å². The summed E-state index contributed by atoms with van der Waals surface area (Å²) in [5.41, 5.74) is 1.57. The van der Waals surface area contributed by atoms with Crippen molar-refractivity contribution in [2.24, 2.45) is 0 Å². The Morgan fingerprint density at radius 2 is 1.93 bits per heavy atom. The van der Waals surface area contributed by atoms with Gasteiger partial charge >= 0.3 is 0 Å². The van der Waals surface area contributed by atoms with Crippen molar-refractivity contribution in [3.63, 3.8) is 0 Å². The molecule has 0 fully saturated rings. The van der Waals surface area contributed by atoms with Crippen LogP contribution >= 0.6 is 11.3 Å². The lowest BCUT2D eigenvalue weighted by Crippen LogP contribution is -1.82. The number of nitrogens with zero attached hydrogens (tertiary/aromatic N) is 1. The molecule has 0 saturated heterocycles. The number of hydrogen-bond acceptors (Lipinski definition) is 2. The van der Waals surface area contributed by atoms with E-state index in [1.165, 1.54) is 17.4 Å². The van der Waals surface area contributed by atoms with Gasteiger partial charge in [0, 0.05) is 10.4 Å². The average molecular weight is 207 g/mol. The molecule has 0 unspecified atom stereocenters. The third-order valence-electron chi connectivity index (χ3n) is 2.13. The fraction of sp³-hybridized carbons (Fsp3) is 0.182. The van der Waals surface area contributed by atoms with Crippen LogP contribution in [-0.2, 0) is 0 Å². The van der Waals surface area contributed by atoms with Crippen molar-refractivity contribution >= 4 is 11.3 Å². The first-order chi connectivity index (χ1) is 6.68. The van der Waals surface area contributed by atoms with E-state index in [0.29, 0.717) is 5.56 Å². The van der Waals surface area contributed by atoms with Crippen LogP contribution in [0.15, 0.2) is 24.3 Å². The fourth-order valence-electron chi connectivity index (χ4n) is 1.22. The van der Waals surface area contributed by atoms with Gasteiger partial charge in [-0.25, -0.2) is 9.37 Å². The van der Waals surface area contributed by atoms with Gasteiger partial charge in [-0.1, -0.05) is 12.1 Å². The maximum absolute atomic E-state index is 13.4. The molecule has 0 aliphatic carbocycles. The van der Waals surface area contributed by atoms with Crippen LogP contribution in [0.25, 0.3) is 10.6 Å². The minimum atomic E-state index is -0.207. The third-order valence-corrected chi connectivity index (χ3v) is 3.24. The first-order valence-corrected chi connectivity index (χ1v) is 5.19. The zero-order chi connectivity index (χ0) is 10.1. The molecule has 2 aromatic rings. The summed E-state index contributed by atoms with van der Waals surface area (Å²) in [4.78, 5) is 5.46. The van der Waals surface area contributed by atoms with Crippen LogP contribution in [0.5, 0.6) is 0 Å². The summed E-state index contributed by atoms with van der Waals surface area (Å²) in [6.45, 7) is 3.94. The summed E-state index contributed by atoms with van der Waals surface area (Å²) in [7, 11) is 0. The van der Waals surface area contributed by atoms with Crippen molar-refractivity contribution in [2.45, 2.75) is 13.8 Å². The van der Waals surface area contributed by atoms with Gasteiger partial charge in [0.1, 0.15) is 10.8 Å². The van der Waals surface area contributed by atoms with E-state index >= 15 is 0 Å². The zero-order valence-corrected chi connectivity index (χ0v) is 8.86. The molecule has 0 aliphatic heterocycles. The quantitative estimate of drug-likeness (QED) is 0.696. The van der Waals surface area contributed by atoms with Crippen molar-refractivity contribution < 1.29 is 4.39 Å². The molecule has 0 amide bonds. The largest absolute Gasteiger partial charge is 0.241 e. The molecule has 1 aromatic carbocycles. The number of aromatic nitrogens is 1. The van der Waals surface area contributed by atoms with Crippen LogP contribution in [-0.4, -0.2) is 4.98 Å². The number of aryl methyl sites for hydroxylation is 2. The summed E-state index contributed by atoms with van der Waals surface area (Å²) < 4.78 is 13.4. The van der Waals surface area contributed by atoms with Gasteiger partial charge in [0.05, 0.1) is 5.69 Å². The zero-order valence-electron chi connectivity index (χ0n) is 8.04. The highest BCUT2D eigenvalue weighted by Crippen LogP contribution is 2.28. The fourth-order valence-corrected chi connectivity index (χ4v) is 2.16. The lowest BCUT2D eigenvalue weighted by Gasteiger charge is -1.96. The van der Waals surface area contributed by atoms with Crippen LogP contribution < -0.4 is 0 Å². The predicted molar refractivity (Wildman–Crippen MR) is 57.0 cm³/mol. The van der Waals surface area contributed by atoms with E-state index in [4.69, 9.17) is 0 Å². The first kappa shape index (κ1) is 9.34. The van der Waals surface area contributed by atoms with E-state index in [-0.39, 0.29) is 5.82 Å². The van der Waals surface area contributed by atoms with E-state index in [9.17, 15) is 4.39 Å². The molecule has 0 bridgehead atoms. The van der Waals surface area contributed by atoms with Gasteiger partial charge in [0.2, 0.25) is 0 Å². The summed E-state index contributed by atoms with van der Waals surface area (Å²) in [5.74, 6) is -0.207. The van der Waals surface area contributed by atoms with Gasteiger partial charge in [0.15, 0.2) is 0 Å². The summed E-state index contributed by atoms with van der Waals surface area (Å²) in [6, 6.07) is 6.73. The summed E-state index contributed by atoms with van der Waals surface area (Å²) in [5, 5.41) is 0.762. The van der Waals surface area contributed by atoms with Gasteiger partial charge < -0.3 is 0 Å². The molecular weight excluding hydrogens is 197 g/mol. The van der Waals surface area contributed by atoms with E-state index in [2.05, 4.69) is 4.98 Å². The highest BCUT2D eigenvalue weighted by molar-refractivity contribution is 7.15. The second-order valence-electron chi connectivity index (χ2n) is 3.14. The Balaban J connectivity index is 2.55. The topological polar surface area (TPSA) is 12.9 Å². The van der Waals surface area contributed by atoms with Crippen LogP contribution in [0.2, 0.25) is 0 Å². The second kappa shape index (κ2) is 3.50. The number of thiazole rings is 1. The first-order valence-electron chi connectivity index (χ1n) is 4.37. The molecule has 1 nitrogen and oxygen atoms in total. The number of hydrogen-bond donors (Lipinski definition) is 0. The van der Waals surface area contributed by atoms with Crippen molar-refractivity contribution in [1.29, 1.82) is 0 Å². The highest BCUT2D eigenvalue weighted by Gasteiger charge is 2.09. The minimum Gasteiger partial charge on any atom is -0.241 e. The van der Waals surface area contributed by atoms with E-state index < -0.39 is 0 Å². The molecule has 2 rings (SSSR count). The molecule has 0 saturated carbocycles. The Labute approximate surface area is 86.2 Å². The molecule has 14 heavy (non-hydrogen) atoms. The molecule has 0 radical (unpaired) electrons. The predicted octanol–water partition coefficient (Wildman–Crippen LogP) is 3.57. The van der Waals surface area contributed by atoms with Crippen LogP contribution in [0.4, 0.5) is 4.39 Å². The molecule has 1 heterocycles. The molecule has 0 spiro atoms. The van der Waals surface area contributed by atoms with Crippen molar-refractivity contribution in [1.82, 2.24) is 4.98 Å². The van der Waals surface area contributed by atoms with Crippen LogP contribution in [0.3, 0.4) is 0 Å². The molecule has 72 valence electrons. The molecule has 0 atom stereocenters. The smallest absolute Gasteiger partial charge is 0.133 e. The maximum atomic E-state index is 13.4. The lowest BCUT2D eigenvalue weighted by molar-refractivity contribution is 0.631. The standard InChI is InChI=1S/C11H10FNS/c1-7-8(2)14-11(13-7)9-5-3-4-6-10(9)12/h3-6H,1-2H3. The molecule has 0 N–H and O–H groups in total. The number of benzene rings is 1. The van der Waals surface area contributed by atoms with E-state index in [0.717, 1.165) is 15.6 Å². The minimum absolute atomic E-state index is 0.207. The summed E-state index contributed by atoms with van der Waals surface area (Å²) >= 11 is 1.53. The second-order valence-corrected chi connectivity index (χ2v) is 4.34. The SMILES string of the molecule is Cc1nc(-c2ccccc2F)sc1C. The Hall–Kier alpha value is -1.22. The van der Waals surface area contributed by atoms with E-state index in [1.807, 2.05) is 19.9 Å². The monoisotopic (exact) mass is 207 g/mol. The number of halogens is 1. The molecule has 1 aromatic heterocycles. The Bertz CT molecular complexity index is 443. The Morgan fingerprint density at radius 3 is 2.50 bits per heavy atom. The summed E-state index contributed by atoms with van der Waals surface area (Å²) in [6.07, 6.45) is 0. The van der Waals surface area contributed by atoms with Gasteiger partial charge in [0.25, 0.3) is 0 Å². The van der Waals surface area contributed by atoms with Crippen molar-refractivity contribution in [3.8, 4) is 10.6 Å². The normalized spacial score (nSPS) is 10.5. The van der Waals surface area contributed by atoms with Crippen molar-refractivity contribution in [2.75, 3.05) is 0 Å². The lowest BCUT2D eigenvalue weighted by atomic mass is 10.2. The molecule has 0 aliphatic rings. The van der Waals surface area contributed by atoms with Gasteiger partial charge in [-0.15, -0.1) is 11.3 Å². The average Bonchev–Trinajstić information content (AvgIpc) is 2.48. The van der Waals surface area contributed by atoms with Gasteiger partial charge in [-0.05, 0) is 26.0 Å². The molecular formula is C11H10FNS. The maximum Gasteiger partial charge on any atom is 0.133 e. The van der Waals surface area contributed by atoms with Crippen LogP contribution in [0.1, 0.15) is 10.6 Å². The number of rotatable bonds is 1. The third kappa shape index (κ3) is 1.55. The van der Waals surface area contributed by atoms with Gasteiger partial charge in [-0.2, -0.15) is 0 Å². The molecule has 3 heteroatoms. The van der Waals surface area contributed by atoms with E-state index in [1.54, 1.807) is 12.1 Å². The van der Waals surface area contributed by atoms with Crippen LogP contribution in [0, 0.1) is 19.7 Å². The highest BCUT2D eigenvalue weighted by atomic mass is 32.1. The van der Waals surface area contributed by atoms with Crippen molar-refractivity contribution in [3.05, 3.63) is 40.7 Å².